The summed E-state index contributed by atoms with van der Waals surface area (Å²) in [5.74, 6) is 1.19. The molecule has 4 heterocycles. The molecule has 1 fully saturated rings. The van der Waals surface area contributed by atoms with Gasteiger partial charge >= 0.3 is 0 Å². The summed E-state index contributed by atoms with van der Waals surface area (Å²) >= 11 is 0. The zero-order valence-corrected chi connectivity index (χ0v) is 23.6. The maximum atomic E-state index is 14.2. The van der Waals surface area contributed by atoms with Crippen molar-refractivity contribution in [1.82, 2.24) is 18.4 Å². The first-order valence-electron chi connectivity index (χ1n) is 13.2. The third-order valence-electron chi connectivity index (χ3n) is 7.50. The number of benzene rings is 2. The molecule has 0 amide bonds. The number of methoxy groups -OCH3 is 2. The normalized spacial score (nSPS) is 14.7. The van der Waals surface area contributed by atoms with Crippen LogP contribution in [0.25, 0.3) is 33.2 Å². The quantitative estimate of drug-likeness (QED) is 0.275. The van der Waals surface area contributed by atoms with E-state index in [1.807, 2.05) is 43.5 Å². The SMILES string of the molecule is COc1cc2c(-c3cc4cccnc4n3S(=O)(=O)c3ccc(C)cc3)cn(CCN3CCOCC3)c2cc1OC. The highest BCUT2D eigenvalue weighted by Gasteiger charge is 2.27. The van der Waals surface area contributed by atoms with Gasteiger partial charge in [0.25, 0.3) is 10.0 Å². The number of rotatable bonds is 8. The molecule has 1 aliphatic heterocycles. The van der Waals surface area contributed by atoms with Gasteiger partial charge in [0, 0.05) is 61.0 Å². The molecule has 1 saturated heterocycles. The summed E-state index contributed by atoms with van der Waals surface area (Å²) in [6.07, 6.45) is 3.64. The molecule has 2 aromatic carbocycles. The first kappa shape index (κ1) is 26.4. The van der Waals surface area contributed by atoms with Crippen LogP contribution in [-0.4, -0.2) is 73.9 Å². The monoisotopic (exact) mass is 560 g/mol. The first-order chi connectivity index (χ1) is 19.4. The van der Waals surface area contributed by atoms with Crippen LogP contribution in [-0.2, 0) is 21.3 Å². The highest BCUT2D eigenvalue weighted by atomic mass is 32.2. The molecular weight excluding hydrogens is 528 g/mol. The van der Waals surface area contributed by atoms with Crippen LogP contribution in [0.15, 0.2) is 71.9 Å². The molecule has 0 atom stereocenters. The topological polar surface area (TPSA) is 87.8 Å². The Kier molecular flexibility index (Phi) is 6.99. The molecule has 40 heavy (non-hydrogen) atoms. The molecule has 1 aliphatic rings. The largest absolute Gasteiger partial charge is 0.493 e. The van der Waals surface area contributed by atoms with E-state index >= 15 is 0 Å². The second kappa shape index (κ2) is 10.6. The molecule has 3 aromatic heterocycles. The minimum Gasteiger partial charge on any atom is -0.493 e. The van der Waals surface area contributed by atoms with Gasteiger partial charge in [0.1, 0.15) is 0 Å². The number of hydrogen-bond donors (Lipinski definition) is 0. The fourth-order valence-electron chi connectivity index (χ4n) is 5.34. The fourth-order valence-corrected chi connectivity index (χ4v) is 6.82. The summed E-state index contributed by atoms with van der Waals surface area (Å²) < 4.78 is 48.6. The lowest BCUT2D eigenvalue weighted by Crippen LogP contribution is -2.38. The smallest absolute Gasteiger partial charge is 0.269 e. The highest BCUT2D eigenvalue weighted by Crippen LogP contribution is 2.41. The lowest BCUT2D eigenvalue weighted by atomic mass is 10.1. The standard InChI is InChI=1S/C30H32N4O5S/c1-21-6-8-23(9-7-21)40(35,36)34-27(17-22-5-4-10-31-30(22)34)25-20-33(12-11-32-13-15-39-16-14-32)26-19-29(38-3)28(37-2)18-24(25)26/h4-10,17-20H,11-16H2,1-3H3. The first-order valence-corrected chi connectivity index (χ1v) is 14.7. The molecule has 0 N–H and O–H groups in total. The van der Waals surface area contributed by atoms with Crippen molar-refractivity contribution in [3.63, 3.8) is 0 Å². The molecule has 208 valence electrons. The van der Waals surface area contributed by atoms with Crippen molar-refractivity contribution in [2.75, 3.05) is 47.1 Å². The minimum absolute atomic E-state index is 0.206. The number of aryl methyl sites for hydroxylation is 1. The van der Waals surface area contributed by atoms with Gasteiger partial charge in [-0.1, -0.05) is 17.7 Å². The Hall–Kier alpha value is -3.86. The van der Waals surface area contributed by atoms with Crippen LogP contribution < -0.4 is 9.47 Å². The molecule has 0 saturated carbocycles. The summed E-state index contributed by atoms with van der Waals surface area (Å²) in [5.41, 5.74) is 3.61. The minimum atomic E-state index is -3.97. The molecule has 6 rings (SSSR count). The maximum Gasteiger partial charge on any atom is 0.269 e. The van der Waals surface area contributed by atoms with Crippen LogP contribution in [0.3, 0.4) is 0 Å². The molecule has 0 radical (unpaired) electrons. The highest BCUT2D eigenvalue weighted by molar-refractivity contribution is 7.90. The Morgan fingerprint density at radius 1 is 0.950 bits per heavy atom. The van der Waals surface area contributed by atoms with Crippen LogP contribution in [0.1, 0.15) is 5.56 Å². The molecule has 10 heteroatoms. The van der Waals surface area contributed by atoms with Gasteiger partial charge in [-0.05, 0) is 43.3 Å². The third-order valence-corrected chi connectivity index (χ3v) is 9.22. The van der Waals surface area contributed by atoms with Gasteiger partial charge in [-0.25, -0.2) is 17.4 Å². The van der Waals surface area contributed by atoms with E-state index in [9.17, 15) is 8.42 Å². The summed E-state index contributed by atoms with van der Waals surface area (Å²) in [6, 6.07) is 16.4. The Labute approximate surface area is 233 Å². The van der Waals surface area contributed by atoms with Gasteiger partial charge in [0.15, 0.2) is 17.1 Å². The van der Waals surface area contributed by atoms with E-state index < -0.39 is 10.0 Å². The number of fused-ring (bicyclic) bond motifs is 2. The van der Waals surface area contributed by atoms with Crippen molar-refractivity contribution in [1.29, 1.82) is 0 Å². The van der Waals surface area contributed by atoms with E-state index in [2.05, 4.69) is 14.5 Å². The van der Waals surface area contributed by atoms with Gasteiger partial charge in [0.2, 0.25) is 0 Å². The molecule has 0 spiro atoms. The molecular formula is C30H32N4O5S. The van der Waals surface area contributed by atoms with Gasteiger partial charge in [-0.2, -0.15) is 0 Å². The number of pyridine rings is 1. The van der Waals surface area contributed by atoms with Gasteiger partial charge in [-0.3, -0.25) is 4.90 Å². The molecule has 0 unspecified atom stereocenters. The number of aromatic nitrogens is 3. The van der Waals surface area contributed by atoms with Crippen molar-refractivity contribution >= 4 is 32.0 Å². The van der Waals surface area contributed by atoms with E-state index in [-0.39, 0.29) is 4.90 Å². The Morgan fingerprint density at radius 3 is 2.40 bits per heavy atom. The van der Waals surface area contributed by atoms with Crippen LogP contribution in [0, 0.1) is 6.92 Å². The number of ether oxygens (including phenoxy) is 3. The summed E-state index contributed by atoms with van der Waals surface area (Å²) in [4.78, 5) is 7.08. The summed E-state index contributed by atoms with van der Waals surface area (Å²) in [7, 11) is -0.755. The zero-order valence-electron chi connectivity index (χ0n) is 22.8. The van der Waals surface area contributed by atoms with Gasteiger partial charge < -0.3 is 18.8 Å². The van der Waals surface area contributed by atoms with E-state index in [4.69, 9.17) is 14.2 Å². The number of hydrogen-bond acceptors (Lipinski definition) is 7. The molecule has 5 aromatic rings. The Balaban J connectivity index is 1.57. The van der Waals surface area contributed by atoms with Gasteiger partial charge in [0.05, 0.1) is 43.5 Å². The van der Waals surface area contributed by atoms with Crippen molar-refractivity contribution in [3.8, 4) is 22.8 Å². The second-order valence-corrected chi connectivity index (χ2v) is 11.7. The molecule has 0 bridgehead atoms. The van der Waals surface area contributed by atoms with Crippen LogP contribution in [0.4, 0.5) is 0 Å². The van der Waals surface area contributed by atoms with Crippen LogP contribution in [0.5, 0.6) is 11.5 Å². The van der Waals surface area contributed by atoms with Crippen molar-refractivity contribution < 1.29 is 22.6 Å². The van der Waals surface area contributed by atoms with Crippen molar-refractivity contribution in [2.45, 2.75) is 18.4 Å². The van der Waals surface area contributed by atoms with E-state index in [0.29, 0.717) is 22.8 Å². The predicted molar refractivity (Wildman–Crippen MR) is 155 cm³/mol. The lowest BCUT2D eigenvalue weighted by molar-refractivity contribution is 0.0365. The molecule has 0 aliphatic carbocycles. The van der Waals surface area contributed by atoms with Gasteiger partial charge in [-0.15, -0.1) is 0 Å². The fraction of sp³-hybridized carbons (Fsp3) is 0.300. The number of morpholine rings is 1. The predicted octanol–water partition coefficient (Wildman–Crippen LogP) is 4.55. The van der Waals surface area contributed by atoms with E-state index in [0.717, 1.165) is 66.8 Å². The van der Waals surface area contributed by atoms with E-state index in [1.54, 1.807) is 44.7 Å². The molecule has 9 nitrogen and oxygen atoms in total. The maximum absolute atomic E-state index is 14.2. The Bertz CT molecular complexity index is 1780. The lowest BCUT2D eigenvalue weighted by Gasteiger charge is -2.26. The van der Waals surface area contributed by atoms with Crippen molar-refractivity contribution in [3.05, 3.63) is 72.6 Å². The second-order valence-electron chi connectivity index (χ2n) is 9.94. The van der Waals surface area contributed by atoms with Crippen LogP contribution >= 0.6 is 0 Å². The zero-order chi connectivity index (χ0) is 27.9. The average molecular weight is 561 g/mol. The average Bonchev–Trinajstić information content (AvgIpc) is 3.54. The van der Waals surface area contributed by atoms with Crippen LogP contribution in [0.2, 0.25) is 0 Å². The van der Waals surface area contributed by atoms with E-state index in [1.165, 1.54) is 3.97 Å². The summed E-state index contributed by atoms with van der Waals surface area (Å²) in [6.45, 7) is 6.72. The third kappa shape index (κ3) is 4.61. The summed E-state index contributed by atoms with van der Waals surface area (Å²) in [5, 5.41) is 1.60. The Morgan fingerprint density at radius 2 is 1.68 bits per heavy atom. The van der Waals surface area contributed by atoms with Crippen molar-refractivity contribution in [2.24, 2.45) is 0 Å². The number of nitrogens with zero attached hydrogens (tertiary/aromatic N) is 4.